The fourth-order valence-corrected chi connectivity index (χ4v) is 4.09. The van der Waals surface area contributed by atoms with Gasteiger partial charge in [-0.05, 0) is 37.8 Å². The third-order valence-electron chi connectivity index (χ3n) is 3.81. The lowest BCUT2D eigenvalue weighted by Crippen LogP contribution is -2.34. The first-order chi connectivity index (χ1) is 9.30. The zero-order valence-corrected chi connectivity index (χ0v) is 12.6. The minimum atomic E-state index is -3.39. The summed E-state index contributed by atoms with van der Waals surface area (Å²) in [4.78, 5) is 0. The van der Waals surface area contributed by atoms with Gasteiger partial charge in [0.1, 0.15) is 0 Å². The number of sulfonamides is 1. The molecule has 1 atom stereocenters. The third kappa shape index (κ3) is 3.71. The molecule has 5 nitrogen and oxygen atoms in total. The molecule has 1 heterocycles. The summed E-state index contributed by atoms with van der Waals surface area (Å²) in [5.41, 5.74) is 6.17. The normalized spacial score (nSPS) is 25.3. The lowest BCUT2D eigenvalue weighted by molar-refractivity contribution is 0.0465. The van der Waals surface area contributed by atoms with Gasteiger partial charge in [-0.2, -0.15) is 0 Å². The molecule has 6 heteroatoms. The second-order valence-corrected chi connectivity index (χ2v) is 7.67. The molecule has 1 aliphatic rings. The number of hydrogen-bond donors (Lipinski definition) is 2. The quantitative estimate of drug-likeness (QED) is 0.825. The van der Waals surface area contributed by atoms with Crippen LogP contribution in [0.2, 0.25) is 0 Å². The van der Waals surface area contributed by atoms with Crippen LogP contribution in [0.3, 0.4) is 0 Å². The summed E-state index contributed by atoms with van der Waals surface area (Å²) in [5, 5.41) is 10.0. The molecule has 1 aromatic carbocycles. The summed E-state index contributed by atoms with van der Waals surface area (Å²) in [6.45, 7) is 2.59. The molecule has 1 unspecified atom stereocenters. The van der Waals surface area contributed by atoms with E-state index < -0.39 is 15.6 Å². The summed E-state index contributed by atoms with van der Waals surface area (Å²) in [7, 11) is -3.39. The zero-order chi connectivity index (χ0) is 14.8. The highest BCUT2D eigenvalue weighted by molar-refractivity contribution is 7.88. The number of rotatable bonds is 3. The van der Waals surface area contributed by atoms with Crippen molar-refractivity contribution < 1.29 is 13.5 Å². The minimum absolute atomic E-state index is 0.0815. The predicted molar refractivity (Wildman–Crippen MR) is 79.5 cm³/mol. The molecule has 112 valence electrons. The lowest BCUT2D eigenvalue weighted by atomic mass is 9.98. The van der Waals surface area contributed by atoms with E-state index >= 15 is 0 Å². The van der Waals surface area contributed by atoms with E-state index in [0.717, 1.165) is 0 Å². The number of hydrogen-bond acceptors (Lipinski definition) is 4. The molecule has 2 rings (SSSR count). The topological polar surface area (TPSA) is 83.6 Å². The highest BCUT2D eigenvalue weighted by atomic mass is 32.2. The van der Waals surface area contributed by atoms with Crippen LogP contribution < -0.4 is 5.73 Å². The van der Waals surface area contributed by atoms with Gasteiger partial charge in [-0.3, -0.25) is 0 Å². The van der Waals surface area contributed by atoms with E-state index in [0.29, 0.717) is 43.6 Å². The maximum Gasteiger partial charge on any atom is 0.218 e. The molecule has 0 spiro atoms. The summed E-state index contributed by atoms with van der Waals surface area (Å²) >= 11 is 0. The van der Waals surface area contributed by atoms with Crippen LogP contribution in [-0.2, 0) is 15.8 Å². The van der Waals surface area contributed by atoms with Crippen LogP contribution in [0.25, 0.3) is 0 Å². The van der Waals surface area contributed by atoms with E-state index in [9.17, 15) is 13.5 Å². The lowest BCUT2D eigenvalue weighted by Gasteiger charge is -2.22. The van der Waals surface area contributed by atoms with Gasteiger partial charge in [0.15, 0.2) is 0 Å². The molecule has 20 heavy (non-hydrogen) atoms. The maximum atomic E-state index is 12.5. The number of nitrogens with zero attached hydrogens (tertiary/aromatic N) is 1. The number of nitrogens with two attached hydrogens (primary N) is 1. The Labute approximate surface area is 120 Å². The van der Waals surface area contributed by atoms with E-state index in [1.807, 2.05) is 0 Å². The molecular weight excluding hydrogens is 276 g/mol. The summed E-state index contributed by atoms with van der Waals surface area (Å²) in [5.74, 6) is -0.0815. The van der Waals surface area contributed by atoms with Crippen LogP contribution in [0.1, 0.15) is 31.7 Å². The van der Waals surface area contributed by atoms with Crippen molar-refractivity contribution in [1.82, 2.24) is 4.31 Å². The number of aliphatic hydroxyl groups is 1. The van der Waals surface area contributed by atoms with Crippen LogP contribution in [0.5, 0.6) is 0 Å². The maximum absolute atomic E-state index is 12.5. The molecule has 1 aromatic rings. The largest absolute Gasteiger partial charge is 0.398 e. The monoisotopic (exact) mass is 298 g/mol. The number of nitrogen functional groups attached to an aromatic ring is 1. The Balaban J connectivity index is 2.13. The van der Waals surface area contributed by atoms with E-state index in [4.69, 9.17) is 5.73 Å². The van der Waals surface area contributed by atoms with Crippen LogP contribution in [0.4, 0.5) is 5.69 Å². The van der Waals surface area contributed by atoms with Crippen molar-refractivity contribution in [2.75, 3.05) is 18.8 Å². The Hall–Kier alpha value is -1.11. The van der Waals surface area contributed by atoms with Crippen molar-refractivity contribution in [2.24, 2.45) is 0 Å². The zero-order valence-electron chi connectivity index (χ0n) is 11.7. The molecule has 0 bridgehead atoms. The Morgan fingerprint density at radius 2 is 2.00 bits per heavy atom. The van der Waals surface area contributed by atoms with Crippen LogP contribution in [-0.4, -0.2) is 36.5 Å². The fourth-order valence-electron chi connectivity index (χ4n) is 2.47. The van der Waals surface area contributed by atoms with Crippen LogP contribution >= 0.6 is 0 Å². The molecule has 0 aromatic heterocycles. The second kappa shape index (κ2) is 5.71. The highest BCUT2D eigenvalue weighted by Gasteiger charge is 2.30. The summed E-state index contributed by atoms with van der Waals surface area (Å²) in [6, 6.07) is 7.02. The second-order valence-electron chi connectivity index (χ2n) is 5.70. The Kier molecular flexibility index (Phi) is 4.36. The van der Waals surface area contributed by atoms with Crippen molar-refractivity contribution in [3.8, 4) is 0 Å². The van der Waals surface area contributed by atoms with E-state index in [1.165, 1.54) is 4.31 Å². The molecule has 0 radical (unpaired) electrons. The third-order valence-corrected chi connectivity index (χ3v) is 5.64. The van der Waals surface area contributed by atoms with Crippen molar-refractivity contribution in [1.29, 1.82) is 0 Å². The van der Waals surface area contributed by atoms with Crippen molar-refractivity contribution >= 4 is 15.7 Å². The van der Waals surface area contributed by atoms with Crippen LogP contribution in [0.15, 0.2) is 24.3 Å². The van der Waals surface area contributed by atoms with E-state index in [2.05, 4.69) is 0 Å². The van der Waals surface area contributed by atoms with Gasteiger partial charge < -0.3 is 10.8 Å². The molecule has 0 amide bonds. The molecule has 1 aliphatic heterocycles. The fraction of sp³-hybridized carbons (Fsp3) is 0.571. The average Bonchev–Trinajstić information content (AvgIpc) is 2.53. The molecule has 1 fully saturated rings. The Morgan fingerprint density at radius 3 is 2.70 bits per heavy atom. The Morgan fingerprint density at radius 1 is 1.30 bits per heavy atom. The van der Waals surface area contributed by atoms with Gasteiger partial charge in [0, 0.05) is 18.8 Å². The van der Waals surface area contributed by atoms with Crippen LogP contribution in [0, 0.1) is 0 Å². The Bertz CT molecular complexity index is 570. The SMILES string of the molecule is CC1(O)CCCN(S(=O)(=O)Cc2ccccc2N)CC1. The van der Waals surface area contributed by atoms with E-state index in [-0.39, 0.29) is 5.75 Å². The highest BCUT2D eigenvalue weighted by Crippen LogP contribution is 2.25. The van der Waals surface area contributed by atoms with Gasteiger partial charge in [-0.25, -0.2) is 12.7 Å². The van der Waals surface area contributed by atoms with Gasteiger partial charge in [0.05, 0.1) is 11.4 Å². The van der Waals surface area contributed by atoms with Crippen molar-refractivity contribution in [3.63, 3.8) is 0 Å². The minimum Gasteiger partial charge on any atom is -0.398 e. The molecule has 0 aliphatic carbocycles. The van der Waals surface area contributed by atoms with Crippen molar-refractivity contribution in [2.45, 2.75) is 37.5 Å². The van der Waals surface area contributed by atoms with E-state index in [1.54, 1.807) is 31.2 Å². The first kappa shape index (κ1) is 15.3. The molecule has 1 saturated heterocycles. The predicted octanol–water partition coefficient (Wildman–Crippen LogP) is 1.34. The summed E-state index contributed by atoms with van der Waals surface area (Å²) in [6.07, 6.45) is 1.78. The first-order valence-corrected chi connectivity index (χ1v) is 8.45. The average molecular weight is 298 g/mol. The molecule has 0 saturated carbocycles. The van der Waals surface area contributed by atoms with Gasteiger partial charge >= 0.3 is 0 Å². The van der Waals surface area contributed by atoms with Gasteiger partial charge in [0.25, 0.3) is 0 Å². The first-order valence-electron chi connectivity index (χ1n) is 6.84. The van der Waals surface area contributed by atoms with Gasteiger partial charge in [-0.15, -0.1) is 0 Å². The molecule has 3 N–H and O–H groups in total. The van der Waals surface area contributed by atoms with Gasteiger partial charge in [-0.1, -0.05) is 18.2 Å². The number of benzene rings is 1. The van der Waals surface area contributed by atoms with Crippen molar-refractivity contribution in [3.05, 3.63) is 29.8 Å². The van der Waals surface area contributed by atoms with Gasteiger partial charge in [0.2, 0.25) is 10.0 Å². The standard InChI is InChI=1S/C14H22N2O3S/c1-14(17)7-4-9-16(10-8-14)20(18,19)11-12-5-2-3-6-13(12)15/h2-3,5-6,17H,4,7-11,15H2,1H3. The molecular formula is C14H22N2O3S. The number of para-hydroxylation sites is 1. The number of anilines is 1. The summed E-state index contributed by atoms with van der Waals surface area (Å²) < 4.78 is 26.4. The smallest absolute Gasteiger partial charge is 0.218 e.